The molecule has 0 N–H and O–H groups in total. The van der Waals surface area contributed by atoms with Crippen LogP contribution in [0.2, 0.25) is 5.02 Å². The summed E-state index contributed by atoms with van der Waals surface area (Å²) in [5, 5.41) is 0.524. The van der Waals surface area contributed by atoms with Gasteiger partial charge in [-0.05, 0) is 54.4 Å². The first-order valence-corrected chi connectivity index (χ1v) is 11.1. The van der Waals surface area contributed by atoms with Crippen molar-refractivity contribution in [1.29, 1.82) is 0 Å². The van der Waals surface area contributed by atoms with Crippen molar-refractivity contribution >= 4 is 22.8 Å². The maximum atomic E-state index is 13.7. The van der Waals surface area contributed by atoms with E-state index in [0.717, 1.165) is 10.1 Å². The second-order valence-corrected chi connectivity index (χ2v) is 8.46. The van der Waals surface area contributed by atoms with Crippen LogP contribution in [0, 0.1) is 5.82 Å². The summed E-state index contributed by atoms with van der Waals surface area (Å²) < 4.78 is 17.8. The third kappa shape index (κ3) is 3.84. The maximum absolute atomic E-state index is 13.7. The lowest BCUT2D eigenvalue weighted by Crippen LogP contribution is -2.40. The molecule has 0 aliphatic heterocycles. The van der Waals surface area contributed by atoms with Gasteiger partial charge in [-0.25, -0.2) is 18.7 Å². The molecule has 2 heterocycles. The maximum Gasteiger partial charge on any atom is 0.337 e. The van der Waals surface area contributed by atoms with Crippen LogP contribution in [0.4, 0.5) is 4.39 Å². The Kier molecular flexibility index (Phi) is 5.63. The average Bonchev–Trinajstić information content (AvgIpc) is 3.29. The third-order valence-corrected chi connectivity index (χ3v) is 6.15. The highest BCUT2D eigenvalue weighted by Crippen LogP contribution is 2.23. The van der Waals surface area contributed by atoms with Crippen LogP contribution in [-0.4, -0.2) is 18.7 Å². The van der Waals surface area contributed by atoms with E-state index in [4.69, 9.17) is 11.6 Å². The van der Waals surface area contributed by atoms with Gasteiger partial charge in [0.25, 0.3) is 5.56 Å². The van der Waals surface area contributed by atoms with E-state index in [1.807, 2.05) is 37.3 Å². The predicted molar refractivity (Wildman–Crippen MR) is 130 cm³/mol. The normalized spacial score (nSPS) is 12.2. The largest absolute Gasteiger partial charge is 0.337 e. The molecular weight excluding hydrogens is 455 g/mol. The van der Waals surface area contributed by atoms with Gasteiger partial charge in [0.15, 0.2) is 11.2 Å². The highest BCUT2D eigenvalue weighted by molar-refractivity contribution is 6.30. The number of nitrogens with zero attached hydrogens (tertiary/aromatic N) is 4. The monoisotopic (exact) mass is 474 g/mol. The van der Waals surface area contributed by atoms with Crippen molar-refractivity contribution in [2.75, 3.05) is 0 Å². The Balaban J connectivity index is 1.78. The number of rotatable bonds is 5. The minimum Gasteiger partial charge on any atom is -0.317 e. The van der Waals surface area contributed by atoms with Crippen LogP contribution in [0.15, 0.2) is 94.8 Å². The van der Waals surface area contributed by atoms with Gasteiger partial charge in [-0.3, -0.25) is 9.36 Å². The van der Waals surface area contributed by atoms with Crippen LogP contribution in [0.1, 0.15) is 24.1 Å². The van der Waals surface area contributed by atoms with Gasteiger partial charge in [0.05, 0.1) is 24.6 Å². The lowest BCUT2D eigenvalue weighted by molar-refractivity contribution is 0.623. The molecule has 34 heavy (non-hydrogen) atoms. The summed E-state index contributed by atoms with van der Waals surface area (Å²) in [6, 6.07) is 22.0. The zero-order chi connectivity index (χ0) is 23.8. The Labute approximate surface area is 199 Å². The first kappa shape index (κ1) is 21.9. The quantitative estimate of drug-likeness (QED) is 0.367. The van der Waals surface area contributed by atoms with E-state index in [2.05, 4.69) is 4.98 Å². The van der Waals surface area contributed by atoms with Crippen LogP contribution in [0.5, 0.6) is 0 Å². The summed E-state index contributed by atoms with van der Waals surface area (Å²) in [7, 11) is 0. The highest BCUT2D eigenvalue weighted by atomic mass is 35.5. The molecule has 0 spiro atoms. The Morgan fingerprint density at radius 3 is 2.29 bits per heavy atom. The van der Waals surface area contributed by atoms with Crippen LogP contribution >= 0.6 is 11.6 Å². The van der Waals surface area contributed by atoms with Crippen molar-refractivity contribution in [2.24, 2.45) is 0 Å². The summed E-state index contributed by atoms with van der Waals surface area (Å²) in [5.41, 5.74) is 1.71. The van der Waals surface area contributed by atoms with Crippen molar-refractivity contribution in [3.63, 3.8) is 0 Å². The minimum atomic E-state index is -0.540. The molecule has 8 heteroatoms. The molecule has 0 bridgehead atoms. The summed E-state index contributed by atoms with van der Waals surface area (Å²) in [4.78, 5) is 31.7. The van der Waals surface area contributed by atoms with Crippen molar-refractivity contribution in [3.05, 3.63) is 128 Å². The van der Waals surface area contributed by atoms with Crippen molar-refractivity contribution in [3.8, 4) is 5.69 Å². The molecule has 0 aliphatic carbocycles. The van der Waals surface area contributed by atoms with E-state index in [1.54, 1.807) is 47.3 Å². The minimum absolute atomic E-state index is 0.00757. The lowest BCUT2D eigenvalue weighted by atomic mass is 10.1. The number of imidazole rings is 1. The van der Waals surface area contributed by atoms with Crippen molar-refractivity contribution < 1.29 is 4.39 Å². The smallest absolute Gasteiger partial charge is 0.317 e. The number of halogens is 2. The molecule has 6 nitrogen and oxygen atoms in total. The number of hydrogen-bond donors (Lipinski definition) is 0. The third-order valence-electron chi connectivity index (χ3n) is 5.89. The van der Waals surface area contributed by atoms with E-state index in [-0.39, 0.29) is 24.1 Å². The van der Waals surface area contributed by atoms with Gasteiger partial charge in [0.1, 0.15) is 5.82 Å². The molecular formula is C26H20ClFN4O2. The molecule has 5 aromatic rings. The lowest BCUT2D eigenvalue weighted by Gasteiger charge is -2.16. The fourth-order valence-electron chi connectivity index (χ4n) is 4.07. The molecule has 0 aliphatic rings. The van der Waals surface area contributed by atoms with Gasteiger partial charge in [0, 0.05) is 5.02 Å². The van der Waals surface area contributed by atoms with Gasteiger partial charge in [-0.1, -0.05) is 54.1 Å². The summed E-state index contributed by atoms with van der Waals surface area (Å²) in [6.45, 7) is 1.96. The summed E-state index contributed by atoms with van der Waals surface area (Å²) in [6.07, 6.45) is 1.58. The molecule has 3 aromatic carbocycles. The Morgan fingerprint density at radius 1 is 0.941 bits per heavy atom. The van der Waals surface area contributed by atoms with E-state index in [1.165, 1.54) is 16.7 Å². The standard InChI is InChI=1S/C26H20ClFN4O2/c1-17(19-5-3-2-4-6-19)31-16-29-24-23(31)25(33)30(15-18-7-11-21(28)12-8-18)26(34)32(24)22-13-9-20(27)10-14-22/h2-14,16-17H,15H2,1H3/t17-/m1/s1. The number of aromatic nitrogens is 4. The first-order valence-electron chi connectivity index (χ1n) is 10.7. The second-order valence-electron chi connectivity index (χ2n) is 8.02. The Hall–Kier alpha value is -3.97. The zero-order valence-corrected chi connectivity index (χ0v) is 19.0. The predicted octanol–water partition coefficient (Wildman–Crippen LogP) is 4.80. The molecule has 1 atom stereocenters. The van der Waals surface area contributed by atoms with Gasteiger partial charge < -0.3 is 4.57 Å². The van der Waals surface area contributed by atoms with Gasteiger partial charge >= 0.3 is 5.69 Å². The van der Waals surface area contributed by atoms with Crippen molar-refractivity contribution in [2.45, 2.75) is 19.5 Å². The molecule has 5 rings (SSSR count). The fraction of sp³-hybridized carbons (Fsp3) is 0.115. The fourth-order valence-corrected chi connectivity index (χ4v) is 4.19. The van der Waals surface area contributed by atoms with E-state index < -0.39 is 11.2 Å². The SMILES string of the molecule is C[C@H](c1ccccc1)n1cnc2c1c(=O)n(Cc1ccc(F)cc1)c(=O)n2-c1ccc(Cl)cc1. The number of benzene rings is 3. The summed E-state index contributed by atoms with van der Waals surface area (Å²) in [5.74, 6) is -0.389. The molecule has 0 saturated carbocycles. The van der Waals surface area contributed by atoms with Crippen LogP contribution in [0.3, 0.4) is 0 Å². The summed E-state index contributed by atoms with van der Waals surface area (Å²) >= 11 is 6.05. The number of hydrogen-bond acceptors (Lipinski definition) is 3. The Bertz CT molecular complexity index is 1590. The Morgan fingerprint density at radius 2 is 1.62 bits per heavy atom. The topological polar surface area (TPSA) is 61.8 Å². The van der Waals surface area contributed by atoms with Gasteiger partial charge in [-0.15, -0.1) is 0 Å². The molecule has 0 radical (unpaired) electrons. The molecule has 0 fully saturated rings. The highest BCUT2D eigenvalue weighted by Gasteiger charge is 2.22. The zero-order valence-electron chi connectivity index (χ0n) is 18.2. The van der Waals surface area contributed by atoms with Crippen LogP contribution < -0.4 is 11.2 Å². The van der Waals surface area contributed by atoms with E-state index >= 15 is 0 Å². The molecule has 0 amide bonds. The van der Waals surface area contributed by atoms with Crippen LogP contribution in [-0.2, 0) is 6.54 Å². The van der Waals surface area contributed by atoms with Crippen LogP contribution in [0.25, 0.3) is 16.9 Å². The molecule has 2 aromatic heterocycles. The first-order chi connectivity index (χ1) is 16.4. The second kappa shape index (κ2) is 8.76. The molecule has 170 valence electrons. The van der Waals surface area contributed by atoms with E-state index in [9.17, 15) is 14.0 Å². The molecule has 0 unspecified atom stereocenters. The van der Waals surface area contributed by atoms with E-state index in [0.29, 0.717) is 21.8 Å². The average molecular weight is 475 g/mol. The van der Waals surface area contributed by atoms with Gasteiger partial charge in [-0.2, -0.15) is 0 Å². The number of fused-ring (bicyclic) bond motifs is 1. The van der Waals surface area contributed by atoms with Gasteiger partial charge in [0.2, 0.25) is 0 Å². The molecule has 0 saturated heterocycles. The van der Waals surface area contributed by atoms with Crippen molar-refractivity contribution in [1.82, 2.24) is 18.7 Å².